The quantitative estimate of drug-likeness (QED) is 0.700. The largest absolute Gasteiger partial charge is 0.493 e. The van der Waals surface area contributed by atoms with E-state index in [1.165, 1.54) is 0 Å². The minimum absolute atomic E-state index is 0.177. The first kappa shape index (κ1) is 15.6. The van der Waals surface area contributed by atoms with Crippen molar-refractivity contribution >= 4 is 21.8 Å². The van der Waals surface area contributed by atoms with Crippen molar-refractivity contribution in [2.75, 3.05) is 31.3 Å². The van der Waals surface area contributed by atoms with Gasteiger partial charge in [0.2, 0.25) is 10.0 Å². The van der Waals surface area contributed by atoms with Crippen molar-refractivity contribution in [1.29, 1.82) is 0 Å². The van der Waals surface area contributed by atoms with Crippen LogP contribution in [0.1, 0.15) is 12.0 Å². The Morgan fingerprint density at radius 3 is 3.00 bits per heavy atom. The molecule has 0 aromatic heterocycles. The molecule has 2 rings (SSSR count). The summed E-state index contributed by atoms with van der Waals surface area (Å²) in [7, 11) is -3.44. The summed E-state index contributed by atoms with van der Waals surface area (Å²) in [4.78, 5) is 0.294. The number of fused-ring (bicyclic) bond motifs is 1. The van der Waals surface area contributed by atoms with Gasteiger partial charge in [0.15, 0.2) is 0 Å². The van der Waals surface area contributed by atoms with Crippen molar-refractivity contribution < 1.29 is 18.3 Å². The molecule has 0 bridgehead atoms. The zero-order valence-corrected chi connectivity index (χ0v) is 12.8. The fourth-order valence-corrected chi connectivity index (χ4v) is 3.93. The Bertz CT molecular complexity index is 545. The van der Waals surface area contributed by atoms with Gasteiger partial charge in [-0.2, -0.15) is 11.8 Å². The Hall–Kier alpha value is -0.760. The number of hydrogen-bond donors (Lipinski definition) is 2. The van der Waals surface area contributed by atoms with Crippen LogP contribution in [0.5, 0.6) is 5.75 Å². The zero-order valence-electron chi connectivity index (χ0n) is 11.2. The molecular weight excluding hydrogens is 298 g/mol. The fourth-order valence-electron chi connectivity index (χ4n) is 1.93. The van der Waals surface area contributed by atoms with Crippen molar-refractivity contribution in [2.45, 2.75) is 17.7 Å². The fraction of sp³-hybridized carbons (Fsp3) is 0.538. The predicted molar refractivity (Wildman–Crippen MR) is 79.9 cm³/mol. The van der Waals surface area contributed by atoms with Crippen molar-refractivity contribution in [3.8, 4) is 5.75 Å². The molecule has 0 saturated heterocycles. The lowest BCUT2D eigenvalue weighted by Gasteiger charge is -2.08. The monoisotopic (exact) mass is 317 g/mol. The third-order valence-electron chi connectivity index (χ3n) is 2.96. The van der Waals surface area contributed by atoms with Gasteiger partial charge in [-0.15, -0.1) is 0 Å². The van der Waals surface area contributed by atoms with Crippen LogP contribution in [0.2, 0.25) is 0 Å². The van der Waals surface area contributed by atoms with Gasteiger partial charge in [-0.3, -0.25) is 0 Å². The van der Waals surface area contributed by atoms with Crippen molar-refractivity contribution in [3.05, 3.63) is 23.8 Å². The summed E-state index contributed by atoms with van der Waals surface area (Å²) in [5.41, 5.74) is 0.949. The van der Waals surface area contributed by atoms with Crippen LogP contribution < -0.4 is 9.46 Å². The van der Waals surface area contributed by atoms with Gasteiger partial charge in [-0.1, -0.05) is 0 Å². The molecule has 5 nitrogen and oxygen atoms in total. The van der Waals surface area contributed by atoms with E-state index in [9.17, 15) is 8.42 Å². The number of aliphatic hydroxyl groups is 1. The predicted octanol–water partition coefficient (Wildman–Crippen LogP) is 1.02. The van der Waals surface area contributed by atoms with Gasteiger partial charge in [0.1, 0.15) is 5.75 Å². The van der Waals surface area contributed by atoms with Gasteiger partial charge in [0.05, 0.1) is 11.5 Å². The molecule has 2 N–H and O–H groups in total. The van der Waals surface area contributed by atoms with E-state index in [-0.39, 0.29) is 6.61 Å². The third kappa shape index (κ3) is 4.12. The van der Waals surface area contributed by atoms with E-state index in [0.717, 1.165) is 29.9 Å². The van der Waals surface area contributed by atoms with Crippen LogP contribution in [0.25, 0.3) is 0 Å². The topological polar surface area (TPSA) is 75.6 Å². The maximum Gasteiger partial charge on any atom is 0.240 e. The standard InChI is InChI=1S/C13H19NO4S2/c15-6-1-8-19-9-5-14-20(16,17)12-2-3-13-11(10-12)4-7-18-13/h2-3,10,14-15H,1,4-9H2. The lowest BCUT2D eigenvalue weighted by Crippen LogP contribution is -2.26. The van der Waals surface area contributed by atoms with Crippen molar-refractivity contribution in [1.82, 2.24) is 4.72 Å². The van der Waals surface area contributed by atoms with E-state index in [1.54, 1.807) is 30.0 Å². The van der Waals surface area contributed by atoms with Gasteiger partial charge in [0.25, 0.3) is 0 Å². The third-order valence-corrected chi connectivity index (χ3v) is 5.49. The molecule has 0 unspecified atom stereocenters. The van der Waals surface area contributed by atoms with E-state index in [4.69, 9.17) is 9.84 Å². The Morgan fingerprint density at radius 1 is 1.35 bits per heavy atom. The van der Waals surface area contributed by atoms with Gasteiger partial charge in [-0.25, -0.2) is 13.1 Å². The van der Waals surface area contributed by atoms with E-state index in [2.05, 4.69) is 4.72 Å². The molecule has 20 heavy (non-hydrogen) atoms. The van der Waals surface area contributed by atoms with Crippen LogP contribution in [0.3, 0.4) is 0 Å². The van der Waals surface area contributed by atoms with Crippen LogP contribution in [-0.4, -0.2) is 44.8 Å². The van der Waals surface area contributed by atoms with Crippen molar-refractivity contribution in [3.63, 3.8) is 0 Å². The molecule has 0 saturated carbocycles. The Kier molecular flexibility index (Phi) is 5.71. The van der Waals surface area contributed by atoms with Gasteiger partial charge in [0, 0.05) is 25.3 Å². The molecule has 112 valence electrons. The number of aliphatic hydroxyl groups excluding tert-OH is 1. The molecule has 1 aromatic rings. The molecule has 1 aliphatic rings. The molecule has 0 fully saturated rings. The maximum atomic E-state index is 12.1. The van der Waals surface area contributed by atoms with Gasteiger partial charge in [-0.05, 0) is 35.9 Å². The number of nitrogens with one attached hydrogen (secondary N) is 1. The highest BCUT2D eigenvalue weighted by Gasteiger charge is 2.18. The highest BCUT2D eigenvalue weighted by molar-refractivity contribution is 7.99. The molecule has 0 atom stereocenters. The van der Waals surface area contributed by atoms with Crippen LogP contribution in [0.15, 0.2) is 23.1 Å². The molecule has 1 aliphatic heterocycles. The summed E-state index contributed by atoms with van der Waals surface area (Å²) >= 11 is 1.63. The summed E-state index contributed by atoms with van der Waals surface area (Å²) in [5, 5.41) is 8.64. The molecule has 0 aliphatic carbocycles. The summed E-state index contributed by atoms with van der Waals surface area (Å²) < 4.78 is 32.2. The lowest BCUT2D eigenvalue weighted by molar-refractivity contribution is 0.296. The minimum Gasteiger partial charge on any atom is -0.493 e. The number of rotatable bonds is 8. The maximum absolute atomic E-state index is 12.1. The number of thioether (sulfide) groups is 1. The number of sulfonamides is 1. The molecule has 1 heterocycles. The van der Waals surface area contributed by atoms with Gasteiger partial charge >= 0.3 is 0 Å². The van der Waals surface area contributed by atoms with Crippen LogP contribution in [0, 0.1) is 0 Å². The minimum atomic E-state index is -3.44. The second-order valence-corrected chi connectivity index (χ2v) is 7.45. The summed E-state index contributed by atoms with van der Waals surface area (Å²) in [6, 6.07) is 4.97. The molecule has 7 heteroatoms. The molecular formula is C13H19NO4S2. The summed E-state index contributed by atoms with van der Waals surface area (Å²) in [5.74, 6) is 2.32. The number of benzene rings is 1. The molecule has 0 spiro atoms. The van der Waals surface area contributed by atoms with E-state index in [1.807, 2.05) is 0 Å². The number of ether oxygens (including phenoxy) is 1. The highest BCUT2D eigenvalue weighted by Crippen LogP contribution is 2.27. The Balaban J connectivity index is 1.87. The smallest absolute Gasteiger partial charge is 0.240 e. The average molecular weight is 317 g/mol. The summed E-state index contributed by atoms with van der Waals surface area (Å²) in [6.07, 6.45) is 1.50. The molecule has 0 radical (unpaired) electrons. The van der Waals surface area contributed by atoms with E-state index >= 15 is 0 Å². The first-order chi connectivity index (χ1) is 9.63. The molecule has 0 amide bonds. The Labute approximate surface area is 123 Å². The first-order valence-corrected chi connectivity index (χ1v) is 9.21. The SMILES string of the molecule is O=S(=O)(NCCSCCCO)c1ccc2c(c1)CCO2. The molecule has 1 aromatic carbocycles. The van der Waals surface area contributed by atoms with Crippen LogP contribution in [0.4, 0.5) is 0 Å². The summed E-state index contributed by atoms with van der Waals surface area (Å²) in [6.45, 7) is 1.19. The second-order valence-electron chi connectivity index (χ2n) is 4.46. The zero-order chi connectivity index (χ0) is 14.4. The van der Waals surface area contributed by atoms with Crippen LogP contribution >= 0.6 is 11.8 Å². The van der Waals surface area contributed by atoms with E-state index < -0.39 is 10.0 Å². The van der Waals surface area contributed by atoms with E-state index in [0.29, 0.717) is 23.8 Å². The lowest BCUT2D eigenvalue weighted by atomic mass is 10.2. The van der Waals surface area contributed by atoms with Crippen molar-refractivity contribution in [2.24, 2.45) is 0 Å². The average Bonchev–Trinajstić information content (AvgIpc) is 2.90. The highest BCUT2D eigenvalue weighted by atomic mass is 32.2. The number of hydrogen-bond acceptors (Lipinski definition) is 5. The first-order valence-electron chi connectivity index (χ1n) is 6.57. The van der Waals surface area contributed by atoms with Crippen LogP contribution in [-0.2, 0) is 16.4 Å². The second kappa shape index (κ2) is 7.31. The normalized spacial score (nSPS) is 14.1. The Morgan fingerprint density at radius 2 is 2.20 bits per heavy atom. The van der Waals surface area contributed by atoms with Gasteiger partial charge < -0.3 is 9.84 Å².